The van der Waals surface area contributed by atoms with Gasteiger partial charge in [0.05, 0.1) is 0 Å². The fourth-order valence-corrected chi connectivity index (χ4v) is 4.87. The van der Waals surface area contributed by atoms with Crippen molar-refractivity contribution in [3.05, 3.63) is 126 Å². The van der Waals surface area contributed by atoms with Crippen molar-refractivity contribution in [2.24, 2.45) is 0 Å². The third-order valence-corrected chi connectivity index (χ3v) is 7.63. The molecule has 0 aromatic heterocycles. The van der Waals surface area contributed by atoms with Crippen LogP contribution < -0.4 is 19.9 Å². The molecule has 0 bridgehead atoms. The number of hydrogen-bond acceptors (Lipinski definition) is 5. The predicted octanol–water partition coefficient (Wildman–Crippen LogP) is 6.32. The first-order chi connectivity index (χ1) is 22.2. The minimum absolute atomic E-state index is 0.125. The molecule has 5 amide bonds. The topological polar surface area (TPSA) is 119 Å². The average Bonchev–Trinajstić information content (AvgIpc) is 3.09. The Morgan fingerprint density at radius 2 is 1.30 bits per heavy atom. The normalized spacial score (nSPS) is 11.9. The molecule has 2 atom stereocenters. The fourth-order valence-electron chi connectivity index (χ4n) is 4.87. The third-order valence-electron chi connectivity index (χ3n) is 7.63. The number of ether oxygens (including phenoxy) is 1. The molecule has 0 saturated carbocycles. The van der Waals surface area contributed by atoms with Gasteiger partial charge in [-0.25, -0.2) is 19.3 Å². The maximum Gasteiger partial charge on any atom is 0.333 e. The number of para-hydroxylation sites is 1. The molecule has 0 aliphatic rings. The predicted molar refractivity (Wildman–Crippen MR) is 177 cm³/mol. The SMILES string of the molecule is CC(CCNC(=O)N(C(=O)N(C)c1cccc(OCC(=O)N(C)c2ccccc2)c1)C(C(=O)O)c1ccccc1)c1ccccc1. The molecule has 4 rings (SSSR count). The summed E-state index contributed by atoms with van der Waals surface area (Å²) in [5.74, 6) is -1.20. The maximum atomic E-state index is 14.0. The van der Waals surface area contributed by atoms with E-state index >= 15 is 0 Å². The summed E-state index contributed by atoms with van der Waals surface area (Å²) in [6.07, 6.45) is 0.578. The van der Waals surface area contributed by atoms with Crippen LogP contribution in [-0.4, -0.2) is 61.2 Å². The summed E-state index contributed by atoms with van der Waals surface area (Å²) in [6.45, 7) is 2.00. The van der Waals surface area contributed by atoms with Gasteiger partial charge in [-0.2, -0.15) is 0 Å². The van der Waals surface area contributed by atoms with Crippen LogP contribution in [0.5, 0.6) is 5.75 Å². The highest BCUT2D eigenvalue weighted by Crippen LogP contribution is 2.27. The van der Waals surface area contributed by atoms with Crippen molar-refractivity contribution in [2.45, 2.75) is 25.3 Å². The van der Waals surface area contributed by atoms with Crippen molar-refractivity contribution in [3.8, 4) is 5.75 Å². The summed E-state index contributed by atoms with van der Waals surface area (Å²) in [7, 11) is 3.09. The molecule has 0 fully saturated rings. The minimum atomic E-state index is -1.59. The first-order valence-corrected chi connectivity index (χ1v) is 14.9. The molecule has 0 spiro atoms. The quantitative estimate of drug-likeness (QED) is 0.191. The number of nitrogens with one attached hydrogen (secondary N) is 1. The number of benzene rings is 4. The van der Waals surface area contributed by atoms with E-state index in [4.69, 9.17) is 4.74 Å². The lowest BCUT2D eigenvalue weighted by molar-refractivity contribution is -0.141. The van der Waals surface area contributed by atoms with Crippen LogP contribution in [0.25, 0.3) is 0 Å². The number of nitrogens with zero attached hydrogens (tertiary/aromatic N) is 3. The van der Waals surface area contributed by atoms with Crippen molar-refractivity contribution >= 4 is 35.3 Å². The van der Waals surface area contributed by atoms with Crippen LogP contribution >= 0.6 is 0 Å². The van der Waals surface area contributed by atoms with E-state index in [1.165, 1.54) is 16.8 Å². The van der Waals surface area contributed by atoms with Gasteiger partial charge in [-0.05, 0) is 47.7 Å². The molecule has 0 saturated heterocycles. The largest absolute Gasteiger partial charge is 0.484 e. The molecule has 10 nitrogen and oxygen atoms in total. The molecule has 2 N–H and O–H groups in total. The van der Waals surface area contributed by atoms with Crippen molar-refractivity contribution in [2.75, 3.05) is 37.0 Å². The van der Waals surface area contributed by atoms with Gasteiger partial charge < -0.3 is 20.1 Å². The van der Waals surface area contributed by atoms with Crippen LogP contribution in [0.4, 0.5) is 21.0 Å². The van der Waals surface area contributed by atoms with Crippen LogP contribution in [0, 0.1) is 0 Å². The van der Waals surface area contributed by atoms with E-state index in [0.29, 0.717) is 17.9 Å². The van der Waals surface area contributed by atoms with Crippen LogP contribution in [0.3, 0.4) is 0 Å². The van der Waals surface area contributed by atoms with Crippen molar-refractivity contribution in [1.29, 1.82) is 0 Å². The van der Waals surface area contributed by atoms with Gasteiger partial charge in [-0.15, -0.1) is 0 Å². The van der Waals surface area contributed by atoms with E-state index in [0.717, 1.165) is 16.2 Å². The molecule has 4 aromatic rings. The molecule has 0 aliphatic heterocycles. The molecule has 0 aliphatic carbocycles. The van der Waals surface area contributed by atoms with E-state index in [1.54, 1.807) is 61.6 Å². The molecule has 238 valence electrons. The number of carboxylic acid groups (broad SMARTS) is 1. The summed E-state index contributed by atoms with van der Waals surface area (Å²) in [4.78, 5) is 56.3. The number of imide groups is 1. The zero-order chi connectivity index (χ0) is 33.1. The van der Waals surface area contributed by atoms with E-state index in [-0.39, 0.29) is 30.5 Å². The Hall–Kier alpha value is -5.64. The van der Waals surface area contributed by atoms with Gasteiger partial charge in [0.25, 0.3) is 5.91 Å². The molecule has 2 unspecified atom stereocenters. The maximum absolute atomic E-state index is 14.0. The summed E-state index contributed by atoms with van der Waals surface area (Å²) in [6, 6.07) is 30.3. The smallest absolute Gasteiger partial charge is 0.333 e. The fraction of sp³-hybridized carbons (Fsp3) is 0.222. The van der Waals surface area contributed by atoms with Gasteiger partial charge in [-0.3, -0.25) is 9.69 Å². The lowest BCUT2D eigenvalue weighted by Crippen LogP contribution is -2.52. The molecule has 4 aromatic carbocycles. The van der Waals surface area contributed by atoms with E-state index in [9.17, 15) is 24.3 Å². The molecule has 46 heavy (non-hydrogen) atoms. The van der Waals surface area contributed by atoms with Crippen molar-refractivity contribution in [3.63, 3.8) is 0 Å². The number of likely N-dealkylation sites (N-methyl/N-ethyl adjacent to an activating group) is 1. The summed E-state index contributed by atoms with van der Waals surface area (Å²) in [5.41, 5.74) is 2.42. The Labute approximate surface area is 268 Å². The second-order valence-corrected chi connectivity index (χ2v) is 10.8. The second kappa shape index (κ2) is 15.9. The van der Waals surface area contributed by atoms with Crippen LogP contribution in [0.1, 0.15) is 36.4 Å². The first-order valence-electron chi connectivity index (χ1n) is 14.9. The number of urea groups is 2. The number of anilines is 2. The lowest BCUT2D eigenvalue weighted by Gasteiger charge is -2.31. The zero-order valence-electron chi connectivity index (χ0n) is 26.1. The highest BCUT2D eigenvalue weighted by atomic mass is 16.5. The third kappa shape index (κ3) is 8.50. The zero-order valence-corrected chi connectivity index (χ0v) is 26.1. The Morgan fingerprint density at radius 3 is 1.91 bits per heavy atom. The first kappa shape index (κ1) is 33.3. The Bertz CT molecular complexity index is 1620. The summed E-state index contributed by atoms with van der Waals surface area (Å²) >= 11 is 0. The van der Waals surface area contributed by atoms with E-state index in [1.807, 2.05) is 67.6 Å². The number of aliphatic carboxylic acids is 1. The van der Waals surface area contributed by atoms with Crippen LogP contribution in [-0.2, 0) is 9.59 Å². The lowest BCUT2D eigenvalue weighted by atomic mass is 9.98. The Morgan fingerprint density at radius 1 is 0.739 bits per heavy atom. The highest BCUT2D eigenvalue weighted by Gasteiger charge is 2.38. The monoisotopic (exact) mass is 622 g/mol. The molecule has 10 heteroatoms. The Kier molecular flexibility index (Phi) is 11.5. The minimum Gasteiger partial charge on any atom is -0.484 e. The number of rotatable bonds is 12. The summed E-state index contributed by atoms with van der Waals surface area (Å²) < 4.78 is 5.74. The van der Waals surface area contributed by atoms with E-state index in [2.05, 4.69) is 5.32 Å². The van der Waals surface area contributed by atoms with Crippen molar-refractivity contribution in [1.82, 2.24) is 10.2 Å². The molecular formula is C36H38N4O6. The van der Waals surface area contributed by atoms with Gasteiger partial charge >= 0.3 is 18.0 Å². The molecule has 0 radical (unpaired) electrons. The van der Waals surface area contributed by atoms with Gasteiger partial charge in [-0.1, -0.05) is 91.9 Å². The van der Waals surface area contributed by atoms with Crippen LogP contribution in [0.15, 0.2) is 115 Å². The number of carboxylic acids is 1. The number of carbonyl (C=O) groups is 4. The van der Waals surface area contributed by atoms with Gasteiger partial charge in [0.15, 0.2) is 12.6 Å². The van der Waals surface area contributed by atoms with Gasteiger partial charge in [0.2, 0.25) is 0 Å². The number of carbonyl (C=O) groups excluding carboxylic acids is 3. The van der Waals surface area contributed by atoms with E-state index < -0.39 is 24.1 Å². The van der Waals surface area contributed by atoms with Crippen LogP contribution in [0.2, 0.25) is 0 Å². The number of hydrogen-bond donors (Lipinski definition) is 2. The second-order valence-electron chi connectivity index (χ2n) is 10.8. The summed E-state index contributed by atoms with van der Waals surface area (Å²) in [5, 5.41) is 13.0. The standard InChI is InChI=1S/C36H38N4O6/c1-26(27-14-7-4-8-15-27)22-23-37-35(44)40(33(34(42)43)28-16-9-5-10-17-28)36(45)39(3)30-20-13-21-31(24-30)46-25-32(41)38(2)29-18-11-6-12-19-29/h4-21,24,26,33H,22-23,25H2,1-3H3,(H,37,44)(H,42,43). The Balaban J connectivity index is 1.51. The van der Waals surface area contributed by atoms with Gasteiger partial charge in [0.1, 0.15) is 5.75 Å². The van der Waals surface area contributed by atoms with Gasteiger partial charge in [0, 0.05) is 38.1 Å². The molecular weight excluding hydrogens is 584 g/mol. The number of amides is 5. The average molecular weight is 623 g/mol. The molecule has 0 heterocycles. The highest BCUT2D eigenvalue weighted by molar-refractivity contribution is 6.05. The van der Waals surface area contributed by atoms with Crippen molar-refractivity contribution < 1.29 is 29.0 Å².